The second-order valence-electron chi connectivity index (χ2n) is 6.19. The summed E-state index contributed by atoms with van der Waals surface area (Å²) < 4.78 is 0. The van der Waals surface area contributed by atoms with Crippen LogP contribution in [-0.2, 0) is 13.1 Å². The first-order valence-corrected chi connectivity index (χ1v) is 8.55. The molecule has 1 aliphatic heterocycles. The van der Waals surface area contributed by atoms with Gasteiger partial charge in [-0.1, -0.05) is 30.3 Å². The van der Waals surface area contributed by atoms with Crippen LogP contribution >= 0.6 is 0 Å². The summed E-state index contributed by atoms with van der Waals surface area (Å²) in [4.78, 5) is 6.84. The van der Waals surface area contributed by atoms with Crippen LogP contribution in [0.3, 0.4) is 0 Å². The average molecular weight is 326 g/mol. The third-order valence-electron chi connectivity index (χ3n) is 4.41. The standard InChI is InChI=1S/C18H26N6/c1-19-18(20-13-17-7-10-21-23-17)22-16-8-11-24(12-9-16)14-15-5-3-2-4-6-15/h2-7,10,16H,8-9,11-14H2,1H3,(H,21,23)(H2,19,20,22). The third kappa shape index (κ3) is 4.83. The predicted molar refractivity (Wildman–Crippen MR) is 96.7 cm³/mol. The van der Waals surface area contributed by atoms with E-state index in [0.29, 0.717) is 12.6 Å². The van der Waals surface area contributed by atoms with Crippen molar-refractivity contribution in [2.24, 2.45) is 4.99 Å². The number of rotatable bonds is 5. The summed E-state index contributed by atoms with van der Waals surface area (Å²) in [5.41, 5.74) is 2.44. The Bertz CT molecular complexity index is 614. The zero-order valence-corrected chi connectivity index (χ0v) is 14.2. The SMILES string of the molecule is CN=C(NCc1ccn[nH]1)NC1CCN(Cc2ccccc2)CC1. The van der Waals surface area contributed by atoms with Gasteiger partial charge in [0.2, 0.25) is 0 Å². The molecule has 0 bridgehead atoms. The number of guanidine groups is 1. The van der Waals surface area contributed by atoms with Crippen molar-refractivity contribution in [2.75, 3.05) is 20.1 Å². The molecule has 24 heavy (non-hydrogen) atoms. The molecular weight excluding hydrogens is 300 g/mol. The monoisotopic (exact) mass is 326 g/mol. The Balaban J connectivity index is 1.41. The van der Waals surface area contributed by atoms with Crippen molar-refractivity contribution in [2.45, 2.75) is 32.0 Å². The molecule has 2 heterocycles. The summed E-state index contributed by atoms with van der Waals surface area (Å²) in [5, 5.41) is 13.8. The minimum Gasteiger partial charge on any atom is -0.354 e. The molecule has 0 atom stereocenters. The first kappa shape index (κ1) is 16.5. The van der Waals surface area contributed by atoms with Crippen molar-refractivity contribution in [1.82, 2.24) is 25.7 Å². The minimum atomic E-state index is 0.477. The van der Waals surface area contributed by atoms with E-state index in [0.717, 1.165) is 44.1 Å². The van der Waals surface area contributed by atoms with Crippen molar-refractivity contribution < 1.29 is 0 Å². The molecule has 1 aromatic carbocycles. The lowest BCUT2D eigenvalue weighted by molar-refractivity contribution is 0.198. The molecule has 128 valence electrons. The maximum atomic E-state index is 4.31. The Labute approximate surface area is 143 Å². The minimum absolute atomic E-state index is 0.477. The fourth-order valence-electron chi connectivity index (χ4n) is 3.03. The van der Waals surface area contributed by atoms with Gasteiger partial charge in [-0.25, -0.2) is 0 Å². The third-order valence-corrected chi connectivity index (χ3v) is 4.41. The highest BCUT2D eigenvalue weighted by atomic mass is 15.2. The second-order valence-corrected chi connectivity index (χ2v) is 6.19. The number of piperidine rings is 1. The largest absolute Gasteiger partial charge is 0.354 e. The summed E-state index contributed by atoms with van der Waals surface area (Å²) in [5.74, 6) is 0.853. The van der Waals surface area contributed by atoms with Crippen molar-refractivity contribution in [3.63, 3.8) is 0 Å². The van der Waals surface area contributed by atoms with E-state index in [1.54, 1.807) is 6.20 Å². The van der Waals surface area contributed by atoms with Gasteiger partial charge in [-0.15, -0.1) is 0 Å². The number of nitrogens with zero attached hydrogens (tertiary/aromatic N) is 3. The number of aromatic amines is 1. The first-order valence-electron chi connectivity index (χ1n) is 8.55. The van der Waals surface area contributed by atoms with Gasteiger partial charge >= 0.3 is 0 Å². The number of likely N-dealkylation sites (tertiary alicyclic amines) is 1. The van der Waals surface area contributed by atoms with Crippen LogP contribution in [0.15, 0.2) is 47.6 Å². The molecule has 0 aliphatic carbocycles. The molecule has 1 fully saturated rings. The van der Waals surface area contributed by atoms with Crippen LogP contribution in [0.2, 0.25) is 0 Å². The Morgan fingerprint density at radius 3 is 2.71 bits per heavy atom. The number of hydrogen-bond acceptors (Lipinski definition) is 3. The molecule has 6 heteroatoms. The van der Waals surface area contributed by atoms with Gasteiger partial charge in [0.25, 0.3) is 0 Å². The highest BCUT2D eigenvalue weighted by Crippen LogP contribution is 2.13. The molecule has 2 aromatic rings. The smallest absolute Gasteiger partial charge is 0.191 e. The fraction of sp³-hybridized carbons (Fsp3) is 0.444. The van der Waals surface area contributed by atoms with Crippen LogP contribution in [0.5, 0.6) is 0 Å². The van der Waals surface area contributed by atoms with Gasteiger partial charge in [-0.3, -0.25) is 15.0 Å². The summed E-state index contributed by atoms with van der Waals surface area (Å²) in [6.07, 6.45) is 4.03. The summed E-state index contributed by atoms with van der Waals surface area (Å²) in [7, 11) is 1.81. The molecule has 6 nitrogen and oxygen atoms in total. The number of aromatic nitrogens is 2. The van der Waals surface area contributed by atoms with E-state index in [-0.39, 0.29) is 0 Å². The zero-order chi connectivity index (χ0) is 16.6. The quantitative estimate of drug-likeness (QED) is 0.578. The van der Waals surface area contributed by atoms with Gasteiger partial charge in [-0.2, -0.15) is 5.10 Å². The lowest BCUT2D eigenvalue weighted by Crippen LogP contribution is -2.48. The van der Waals surface area contributed by atoms with Crippen LogP contribution in [0.1, 0.15) is 24.1 Å². The van der Waals surface area contributed by atoms with Crippen molar-refractivity contribution >= 4 is 5.96 Å². The molecule has 1 aromatic heterocycles. The van der Waals surface area contributed by atoms with E-state index in [4.69, 9.17) is 0 Å². The molecule has 3 rings (SSSR count). The van der Waals surface area contributed by atoms with Crippen LogP contribution in [0.25, 0.3) is 0 Å². The fourth-order valence-corrected chi connectivity index (χ4v) is 3.03. The number of aliphatic imine (C=N–C) groups is 1. The van der Waals surface area contributed by atoms with E-state index in [9.17, 15) is 0 Å². The molecule has 1 aliphatic rings. The molecule has 0 saturated carbocycles. The Morgan fingerprint density at radius 1 is 1.25 bits per heavy atom. The lowest BCUT2D eigenvalue weighted by atomic mass is 10.0. The van der Waals surface area contributed by atoms with Gasteiger partial charge in [-0.05, 0) is 24.5 Å². The molecular formula is C18H26N6. The number of benzene rings is 1. The zero-order valence-electron chi connectivity index (χ0n) is 14.2. The van der Waals surface area contributed by atoms with Gasteiger partial charge in [0.05, 0.1) is 12.2 Å². The Kier molecular flexibility index (Phi) is 5.85. The van der Waals surface area contributed by atoms with Crippen LogP contribution < -0.4 is 10.6 Å². The van der Waals surface area contributed by atoms with Crippen LogP contribution in [0, 0.1) is 0 Å². The molecule has 3 N–H and O–H groups in total. The molecule has 0 spiro atoms. The second kappa shape index (κ2) is 8.49. The van der Waals surface area contributed by atoms with Gasteiger partial charge in [0.1, 0.15) is 0 Å². The summed E-state index contributed by atoms with van der Waals surface area (Å²) in [6.45, 7) is 3.97. The van der Waals surface area contributed by atoms with E-state index in [1.807, 2.05) is 13.1 Å². The highest BCUT2D eigenvalue weighted by molar-refractivity contribution is 5.79. The van der Waals surface area contributed by atoms with Crippen molar-refractivity contribution in [3.8, 4) is 0 Å². The summed E-state index contributed by atoms with van der Waals surface area (Å²) >= 11 is 0. The molecule has 0 amide bonds. The maximum absolute atomic E-state index is 4.31. The number of H-pyrrole nitrogens is 1. The van der Waals surface area contributed by atoms with Crippen LogP contribution in [0.4, 0.5) is 0 Å². The van der Waals surface area contributed by atoms with Gasteiger partial charge in [0.15, 0.2) is 5.96 Å². The number of hydrogen-bond donors (Lipinski definition) is 3. The van der Waals surface area contributed by atoms with E-state index >= 15 is 0 Å². The Hall–Kier alpha value is -2.34. The van der Waals surface area contributed by atoms with Gasteiger partial charge in [0, 0.05) is 38.9 Å². The van der Waals surface area contributed by atoms with Crippen molar-refractivity contribution in [1.29, 1.82) is 0 Å². The van der Waals surface area contributed by atoms with E-state index in [1.165, 1.54) is 5.56 Å². The molecule has 1 saturated heterocycles. The maximum Gasteiger partial charge on any atom is 0.191 e. The topological polar surface area (TPSA) is 68.3 Å². The van der Waals surface area contributed by atoms with Gasteiger partial charge < -0.3 is 10.6 Å². The van der Waals surface area contributed by atoms with E-state index in [2.05, 4.69) is 61.1 Å². The average Bonchev–Trinajstić information content (AvgIpc) is 3.14. The highest BCUT2D eigenvalue weighted by Gasteiger charge is 2.19. The Morgan fingerprint density at radius 2 is 2.04 bits per heavy atom. The lowest BCUT2D eigenvalue weighted by Gasteiger charge is -2.33. The molecule has 0 radical (unpaired) electrons. The molecule has 0 unspecified atom stereocenters. The summed E-state index contributed by atoms with van der Waals surface area (Å²) in [6, 6.07) is 13.1. The predicted octanol–water partition coefficient (Wildman–Crippen LogP) is 1.74. The van der Waals surface area contributed by atoms with Crippen LogP contribution in [-0.4, -0.2) is 47.2 Å². The first-order chi connectivity index (χ1) is 11.8. The van der Waals surface area contributed by atoms with Crippen molar-refractivity contribution in [3.05, 3.63) is 53.9 Å². The van der Waals surface area contributed by atoms with E-state index < -0.39 is 0 Å². The number of nitrogens with one attached hydrogen (secondary N) is 3. The normalized spacial score (nSPS) is 17.0.